The maximum Gasteiger partial charge on any atom is 0.251 e. The van der Waals surface area contributed by atoms with Gasteiger partial charge in [-0.2, -0.15) is 5.26 Å². The summed E-state index contributed by atoms with van der Waals surface area (Å²) in [6.45, 7) is 0.421. The number of hydrogen-bond acceptors (Lipinski definition) is 3. The van der Waals surface area contributed by atoms with Crippen LogP contribution in [0.25, 0.3) is 0 Å². The zero-order valence-electron chi connectivity index (χ0n) is 9.93. The predicted molar refractivity (Wildman–Crippen MR) is 74.3 cm³/mol. The van der Waals surface area contributed by atoms with Crippen molar-refractivity contribution < 1.29 is 4.79 Å². The van der Waals surface area contributed by atoms with Crippen molar-refractivity contribution in [1.82, 2.24) is 10.3 Å². The normalized spacial score (nSPS) is 9.68. The maximum absolute atomic E-state index is 11.9. The number of hydrogen-bond donors (Lipinski definition) is 1. The van der Waals surface area contributed by atoms with E-state index in [-0.39, 0.29) is 5.91 Å². The first-order valence-corrected chi connectivity index (χ1v) is 6.37. The van der Waals surface area contributed by atoms with Gasteiger partial charge in [0.2, 0.25) is 0 Å². The van der Waals surface area contributed by atoms with Gasteiger partial charge in [-0.25, -0.2) is 4.98 Å². The highest BCUT2D eigenvalue weighted by molar-refractivity contribution is 9.10. The highest BCUT2D eigenvalue weighted by Gasteiger charge is 2.05. The molecule has 0 aliphatic rings. The minimum absolute atomic E-state index is 0.160. The van der Waals surface area contributed by atoms with Crippen molar-refractivity contribution in [2.75, 3.05) is 0 Å². The van der Waals surface area contributed by atoms with Gasteiger partial charge in [0.15, 0.2) is 0 Å². The molecule has 5 heteroatoms. The van der Waals surface area contributed by atoms with E-state index in [1.807, 2.05) is 12.1 Å². The number of aromatic nitrogens is 1. The van der Waals surface area contributed by atoms with Crippen molar-refractivity contribution in [1.29, 1.82) is 5.26 Å². The molecule has 0 saturated heterocycles. The monoisotopic (exact) mass is 315 g/mol. The number of amides is 1. The van der Waals surface area contributed by atoms with E-state index in [1.165, 1.54) is 0 Å². The van der Waals surface area contributed by atoms with Gasteiger partial charge in [0, 0.05) is 18.3 Å². The van der Waals surface area contributed by atoms with Gasteiger partial charge in [0.1, 0.15) is 4.60 Å². The second kappa shape index (κ2) is 6.12. The molecule has 2 rings (SSSR count). The largest absolute Gasteiger partial charge is 0.348 e. The summed E-state index contributed by atoms with van der Waals surface area (Å²) in [5.41, 5.74) is 2.10. The molecule has 0 radical (unpaired) electrons. The molecule has 1 amide bonds. The first kappa shape index (κ1) is 13.2. The standard InChI is InChI=1S/C14H10BrN3O/c15-13-7-12(5-6-17-13)14(19)18-9-11-3-1-10(8-16)2-4-11/h1-7H,9H2,(H,18,19). The number of carbonyl (C=O) groups is 1. The third-order valence-electron chi connectivity index (χ3n) is 2.52. The van der Waals surface area contributed by atoms with Crippen LogP contribution in [0.15, 0.2) is 47.2 Å². The van der Waals surface area contributed by atoms with Crippen LogP contribution in [0.3, 0.4) is 0 Å². The number of halogens is 1. The van der Waals surface area contributed by atoms with E-state index in [2.05, 4.69) is 32.3 Å². The SMILES string of the molecule is N#Cc1ccc(CNC(=O)c2ccnc(Br)c2)cc1. The third-order valence-corrected chi connectivity index (χ3v) is 2.96. The van der Waals surface area contributed by atoms with Gasteiger partial charge in [-0.3, -0.25) is 4.79 Å². The maximum atomic E-state index is 11.9. The van der Waals surface area contributed by atoms with Crippen molar-refractivity contribution in [3.05, 3.63) is 63.9 Å². The van der Waals surface area contributed by atoms with Crippen LogP contribution in [0.5, 0.6) is 0 Å². The van der Waals surface area contributed by atoms with Gasteiger partial charge in [-0.1, -0.05) is 12.1 Å². The number of carbonyl (C=O) groups excluding carboxylic acids is 1. The number of rotatable bonds is 3. The van der Waals surface area contributed by atoms with E-state index in [4.69, 9.17) is 5.26 Å². The van der Waals surface area contributed by atoms with Crippen LogP contribution >= 0.6 is 15.9 Å². The average molecular weight is 316 g/mol. The minimum atomic E-state index is -0.160. The van der Waals surface area contributed by atoms with Crippen LogP contribution in [0.1, 0.15) is 21.5 Å². The van der Waals surface area contributed by atoms with Crippen molar-refractivity contribution >= 4 is 21.8 Å². The van der Waals surface area contributed by atoms with Gasteiger partial charge in [0.25, 0.3) is 5.91 Å². The summed E-state index contributed by atoms with van der Waals surface area (Å²) in [5.74, 6) is -0.160. The number of nitriles is 1. The van der Waals surface area contributed by atoms with E-state index in [9.17, 15) is 4.79 Å². The molecule has 1 aromatic carbocycles. The summed E-state index contributed by atoms with van der Waals surface area (Å²) < 4.78 is 0.624. The molecule has 0 fully saturated rings. The molecule has 0 bridgehead atoms. The Morgan fingerprint density at radius 1 is 1.32 bits per heavy atom. The van der Waals surface area contributed by atoms with Crippen molar-refractivity contribution in [3.8, 4) is 6.07 Å². The Bertz CT molecular complexity index is 632. The Kier molecular flexibility index (Phi) is 4.26. The predicted octanol–water partition coefficient (Wildman–Crippen LogP) is 2.65. The lowest BCUT2D eigenvalue weighted by molar-refractivity contribution is 0.0950. The fraction of sp³-hybridized carbons (Fsp3) is 0.0714. The molecule has 0 unspecified atom stereocenters. The van der Waals surface area contributed by atoms with Gasteiger partial charge >= 0.3 is 0 Å². The summed E-state index contributed by atoms with van der Waals surface area (Å²) in [7, 11) is 0. The Hall–Kier alpha value is -2.19. The molecule has 0 spiro atoms. The zero-order valence-corrected chi connectivity index (χ0v) is 11.5. The minimum Gasteiger partial charge on any atom is -0.348 e. The van der Waals surface area contributed by atoms with E-state index in [0.29, 0.717) is 22.3 Å². The molecule has 1 heterocycles. The average Bonchev–Trinajstić information content (AvgIpc) is 2.45. The highest BCUT2D eigenvalue weighted by Crippen LogP contribution is 2.08. The highest BCUT2D eigenvalue weighted by atomic mass is 79.9. The Labute approximate surface area is 119 Å². The molecule has 1 N–H and O–H groups in total. The molecule has 0 saturated carbocycles. The van der Waals surface area contributed by atoms with Crippen LogP contribution < -0.4 is 5.32 Å². The number of pyridine rings is 1. The zero-order chi connectivity index (χ0) is 13.7. The summed E-state index contributed by atoms with van der Waals surface area (Å²) >= 11 is 3.22. The van der Waals surface area contributed by atoms with E-state index in [0.717, 1.165) is 5.56 Å². The van der Waals surface area contributed by atoms with E-state index in [1.54, 1.807) is 30.5 Å². The van der Waals surface area contributed by atoms with Gasteiger partial charge in [-0.15, -0.1) is 0 Å². The first-order valence-electron chi connectivity index (χ1n) is 5.58. The summed E-state index contributed by atoms with van der Waals surface area (Å²) in [6.07, 6.45) is 1.57. The molecular formula is C14H10BrN3O. The molecule has 19 heavy (non-hydrogen) atoms. The molecule has 1 aromatic heterocycles. The van der Waals surface area contributed by atoms with Gasteiger partial charge in [0.05, 0.1) is 11.6 Å². The molecule has 2 aromatic rings. The summed E-state index contributed by atoms with van der Waals surface area (Å²) in [4.78, 5) is 15.8. The van der Waals surface area contributed by atoms with Crippen LogP contribution in [0.4, 0.5) is 0 Å². The number of nitrogens with one attached hydrogen (secondary N) is 1. The molecular weight excluding hydrogens is 306 g/mol. The second-order valence-electron chi connectivity index (χ2n) is 3.86. The van der Waals surface area contributed by atoms with Crippen LogP contribution in [0, 0.1) is 11.3 Å². The topological polar surface area (TPSA) is 65.8 Å². The van der Waals surface area contributed by atoms with Crippen LogP contribution in [-0.4, -0.2) is 10.9 Å². The summed E-state index contributed by atoms with van der Waals surface area (Å²) in [5, 5.41) is 11.5. The van der Waals surface area contributed by atoms with E-state index < -0.39 is 0 Å². The Morgan fingerprint density at radius 2 is 2.05 bits per heavy atom. The molecule has 0 aliphatic carbocycles. The lowest BCUT2D eigenvalue weighted by atomic mass is 10.1. The molecule has 94 valence electrons. The van der Waals surface area contributed by atoms with Crippen molar-refractivity contribution in [3.63, 3.8) is 0 Å². The van der Waals surface area contributed by atoms with Gasteiger partial charge < -0.3 is 5.32 Å². The van der Waals surface area contributed by atoms with Crippen molar-refractivity contribution in [2.24, 2.45) is 0 Å². The van der Waals surface area contributed by atoms with Crippen LogP contribution in [-0.2, 0) is 6.54 Å². The van der Waals surface area contributed by atoms with E-state index >= 15 is 0 Å². The fourth-order valence-electron chi connectivity index (χ4n) is 1.53. The number of benzene rings is 1. The molecule has 0 aliphatic heterocycles. The van der Waals surface area contributed by atoms with Crippen LogP contribution in [0.2, 0.25) is 0 Å². The lowest BCUT2D eigenvalue weighted by Gasteiger charge is -2.05. The van der Waals surface area contributed by atoms with Gasteiger partial charge in [-0.05, 0) is 45.8 Å². The summed E-state index contributed by atoms with van der Waals surface area (Å²) in [6, 6.07) is 12.5. The second-order valence-corrected chi connectivity index (χ2v) is 4.67. The quantitative estimate of drug-likeness (QED) is 0.885. The lowest BCUT2D eigenvalue weighted by Crippen LogP contribution is -2.22. The van der Waals surface area contributed by atoms with Crippen molar-refractivity contribution in [2.45, 2.75) is 6.54 Å². The fourth-order valence-corrected chi connectivity index (χ4v) is 1.89. The third kappa shape index (κ3) is 3.63. The molecule has 0 atom stereocenters. The molecule has 4 nitrogen and oxygen atoms in total. The smallest absolute Gasteiger partial charge is 0.251 e. The number of nitrogens with zero attached hydrogens (tertiary/aromatic N) is 2. The Balaban J connectivity index is 1.98. The Morgan fingerprint density at radius 3 is 2.68 bits per heavy atom. The first-order chi connectivity index (χ1) is 9.19.